The van der Waals surface area contributed by atoms with Crippen molar-refractivity contribution < 1.29 is 19.0 Å². The highest BCUT2D eigenvalue weighted by molar-refractivity contribution is 6.32. The highest BCUT2D eigenvalue weighted by Crippen LogP contribution is 2.44. The summed E-state index contributed by atoms with van der Waals surface area (Å²) in [4.78, 5) is 14.2. The second-order valence-corrected chi connectivity index (χ2v) is 14.8. The molecule has 3 aliphatic rings. The van der Waals surface area contributed by atoms with Crippen LogP contribution in [0.25, 0.3) is 11.1 Å². The molecular formula is C44H46ClN5O4. The van der Waals surface area contributed by atoms with Gasteiger partial charge in [-0.3, -0.25) is 4.79 Å². The largest absolute Gasteiger partial charge is 0.493 e. The Balaban J connectivity index is 1.09. The first kappa shape index (κ1) is 37.3. The second-order valence-electron chi connectivity index (χ2n) is 14.4. The molecule has 2 saturated heterocycles. The van der Waals surface area contributed by atoms with Gasteiger partial charge in [0.05, 0.1) is 34.9 Å². The maximum Gasteiger partial charge on any atom is 0.220 e. The fourth-order valence-corrected chi connectivity index (χ4v) is 8.08. The molecule has 0 saturated carbocycles. The molecule has 2 fully saturated rings. The summed E-state index contributed by atoms with van der Waals surface area (Å²) in [6, 6.07) is 25.9. The third-order valence-corrected chi connectivity index (χ3v) is 11.0. The Kier molecular flexibility index (Phi) is 12.0. The summed E-state index contributed by atoms with van der Waals surface area (Å²) < 4.78 is 19.4. The van der Waals surface area contributed by atoms with E-state index in [4.69, 9.17) is 25.8 Å². The van der Waals surface area contributed by atoms with Crippen LogP contribution in [-0.2, 0) is 24.4 Å². The van der Waals surface area contributed by atoms with Gasteiger partial charge < -0.3 is 29.7 Å². The van der Waals surface area contributed by atoms with E-state index in [1.165, 1.54) is 42.6 Å². The summed E-state index contributed by atoms with van der Waals surface area (Å²) in [6.07, 6.45) is 6.33. The molecule has 0 aromatic heterocycles. The van der Waals surface area contributed by atoms with Crippen LogP contribution in [0.4, 0.5) is 0 Å². The van der Waals surface area contributed by atoms with E-state index in [-0.39, 0.29) is 24.7 Å². The van der Waals surface area contributed by atoms with E-state index < -0.39 is 0 Å². The molecule has 10 heteroatoms. The third kappa shape index (κ3) is 8.83. The van der Waals surface area contributed by atoms with Gasteiger partial charge in [-0.2, -0.15) is 10.5 Å². The highest BCUT2D eigenvalue weighted by Gasteiger charge is 2.29. The fraction of sp³-hybridized carbons (Fsp3) is 0.386. The molecule has 9 nitrogen and oxygen atoms in total. The van der Waals surface area contributed by atoms with Crippen molar-refractivity contribution in [2.45, 2.75) is 77.2 Å². The van der Waals surface area contributed by atoms with Gasteiger partial charge in [0.1, 0.15) is 30.0 Å². The van der Waals surface area contributed by atoms with Crippen LogP contribution in [0, 0.1) is 29.6 Å². The molecule has 0 spiro atoms. The lowest BCUT2D eigenvalue weighted by Gasteiger charge is -2.24. The van der Waals surface area contributed by atoms with Crippen molar-refractivity contribution in [2.24, 2.45) is 0 Å². The minimum atomic E-state index is -0.198. The molecule has 7 rings (SSSR count). The summed E-state index contributed by atoms with van der Waals surface area (Å²) >= 11 is 6.94. The minimum Gasteiger partial charge on any atom is -0.493 e. The number of benzene rings is 4. The van der Waals surface area contributed by atoms with Gasteiger partial charge in [0.15, 0.2) is 0 Å². The number of rotatable bonds is 14. The monoisotopic (exact) mass is 743 g/mol. The highest BCUT2D eigenvalue weighted by atomic mass is 35.5. The number of ether oxygens (including phenoxy) is 3. The molecule has 4 aromatic rings. The number of fused-ring (bicyclic) bond motifs is 1. The zero-order chi connectivity index (χ0) is 37.4. The quantitative estimate of drug-likeness (QED) is 0.125. The van der Waals surface area contributed by atoms with Gasteiger partial charge in [-0.15, -0.1) is 0 Å². The van der Waals surface area contributed by atoms with Gasteiger partial charge in [-0.05, 0) is 122 Å². The molecule has 4 aromatic carbocycles. The first-order valence-electron chi connectivity index (χ1n) is 19.0. The number of carbonyl (C=O) groups is 1. The normalized spacial score (nSPS) is 18.0. The predicted molar refractivity (Wildman–Crippen MR) is 209 cm³/mol. The number of hydrogen-bond acceptors (Lipinski definition) is 8. The summed E-state index contributed by atoms with van der Waals surface area (Å²) in [5.41, 5.74) is 8.28. The molecule has 2 atom stereocenters. The van der Waals surface area contributed by atoms with Crippen molar-refractivity contribution in [1.82, 2.24) is 15.5 Å². The van der Waals surface area contributed by atoms with E-state index in [1.54, 1.807) is 18.2 Å². The van der Waals surface area contributed by atoms with E-state index in [2.05, 4.69) is 71.0 Å². The second kappa shape index (κ2) is 17.4. The third-order valence-electron chi connectivity index (χ3n) is 10.7. The van der Waals surface area contributed by atoms with Crippen LogP contribution in [0.1, 0.15) is 83.6 Å². The van der Waals surface area contributed by atoms with E-state index in [0.29, 0.717) is 59.3 Å². The van der Waals surface area contributed by atoms with Crippen LogP contribution in [0.5, 0.6) is 17.2 Å². The van der Waals surface area contributed by atoms with Crippen LogP contribution in [0.2, 0.25) is 5.02 Å². The van der Waals surface area contributed by atoms with Gasteiger partial charge in [0.25, 0.3) is 0 Å². The number of nitrogens with zero attached hydrogens (tertiary/aromatic N) is 3. The molecule has 0 bridgehead atoms. The predicted octanol–water partition coefficient (Wildman–Crippen LogP) is 7.94. The Hall–Kier alpha value is -5.06. The Morgan fingerprint density at radius 1 is 0.907 bits per heavy atom. The average molecular weight is 744 g/mol. The van der Waals surface area contributed by atoms with Crippen molar-refractivity contribution in [3.8, 4) is 40.5 Å². The van der Waals surface area contributed by atoms with E-state index in [1.807, 2.05) is 12.1 Å². The van der Waals surface area contributed by atoms with Crippen LogP contribution in [0.3, 0.4) is 0 Å². The van der Waals surface area contributed by atoms with Gasteiger partial charge >= 0.3 is 0 Å². The number of likely N-dealkylation sites (tertiary alicyclic amines) is 1. The SMILES string of the molecule is Cc1c(OCCCN2CCCC2)cccc1-c1cccc2c1CC[C@@H]2Oc1cc(OCc2cc(C#N)cc(C#N)c2)c(CN[C@H]2CCC(=O)NC2)cc1Cl. The van der Waals surface area contributed by atoms with E-state index in [9.17, 15) is 15.3 Å². The number of piperidine rings is 1. The van der Waals surface area contributed by atoms with E-state index in [0.717, 1.165) is 54.7 Å². The zero-order valence-corrected chi connectivity index (χ0v) is 31.5. The van der Waals surface area contributed by atoms with E-state index >= 15 is 0 Å². The van der Waals surface area contributed by atoms with Crippen molar-refractivity contribution >= 4 is 17.5 Å². The number of amides is 1. The average Bonchev–Trinajstić information content (AvgIpc) is 3.87. The van der Waals surface area contributed by atoms with Gasteiger partial charge in [-0.1, -0.05) is 41.9 Å². The molecule has 2 aliphatic heterocycles. The molecule has 278 valence electrons. The smallest absolute Gasteiger partial charge is 0.220 e. The number of hydrogen-bond donors (Lipinski definition) is 2. The Morgan fingerprint density at radius 3 is 2.44 bits per heavy atom. The Bertz CT molecular complexity index is 2040. The maximum absolute atomic E-state index is 11.7. The Labute approximate surface area is 322 Å². The molecule has 54 heavy (non-hydrogen) atoms. The molecule has 1 aliphatic carbocycles. The lowest BCUT2D eigenvalue weighted by molar-refractivity contribution is -0.122. The molecule has 0 unspecified atom stereocenters. The summed E-state index contributed by atoms with van der Waals surface area (Å²) in [5.74, 6) is 2.10. The minimum absolute atomic E-state index is 0.0647. The number of nitriles is 2. The lowest BCUT2D eigenvalue weighted by Crippen LogP contribution is -2.45. The van der Waals surface area contributed by atoms with Gasteiger partial charge in [0, 0.05) is 43.7 Å². The number of carbonyl (C=O) groups excluding carboxylic acids is 1. The molecular weight excluding hydrogens is 698 g/mol. The van der Waals surface area contributed by atoms with Gasteiger partial charge in [-0.25, -0.2) is 0 Å². The fourth-order valence-electron chi connectivity index (χ4n) is 7.85. The zero-order valence-electron chi connectivity index (χ0n) is 30.8. The first-order valence-corrected chi connectivity index (χ1v) is 19.4. The van der Waals surface area contributed by atoms with Crippen LogP contribution < -0.4 is 24.8 Å². The van der Waals surface area contributed by atoms with Crippen molar-refractivity contribution in [1.29, 1.82) is 10.5 Å². The summed E-state index contributed by atoms with van der Waals surface area (Å²) in [5, 5.41) is 25.9. The molecule has 0 radical (unpaired) electrons. The van der Waals surface area contributed by atoms with Crippen LogP contribution >= 0.6 is 11.6 Å². The standard InChI is InChI=1S/C44H46ClN5O4/c1-29-35(7-5-10-40(29)52-18-6-17-50-15-2-3-16-50)36-8-4-9-38-37(36)12-13-41(38)54-43-23-42(53-28-32-20-30(24-46)19-31(21-32)25-47)33(22-39(43)45)26-48-34-11-14-44(51)49-27-34/h4-5,7-10,19-23,34,41,48H,2-3,6,11-18,26-28H2,1H3,(H,49,51)/t34-,41-/m0/s1. The van der Waals surface area contributed by atoms with Gasteiger partial charge in [0.2, 0.25) is 5.91 Å². The van der Waals surface area contributed by atoms with Crippen LogP contribution in [-0.4, -0.2) is 49.6 Å². The van der Waals surface area contributed by atoms with Crippen molar-refractivity contribution in [3.63, 3.8) is 0 Å². The molecule has 2 N–H and O–H groups in total. The summed E-state index contributed by atoms with van der Waals surface area (Å²) in [7, 11) is 0. The van der Waals surface area contributed by atoms with Crippen molar-refractivity contribution in [2.75, 3.05) is 32.8 Å². The van der Waals surface area contributed by atoms with Crippen molar-refractivity contribution in [3.05, 3.63) is 111 Å². The maximum atomic E-state index is 11.7. The number of halogens is 1. The lowest BCUT2D eigenvalue weighted by atomic mass is 9.93. The Morgan fingerprint density at radius 2 is 1.69 bits per heavy atom. The molecule has 2 heterocycles. The summed E-state index contributed by atoms with van der Waals surface area (Å²) in [6.45, 7) is 7.52. The molecule has 1 amide bonds. The first-order chi connectivity index (χ1) is 26.4. The topological polar surface area (TPSA) is 120 Å². The number of nitrogens with one attached hydrogen (secondary N) is 2. The van der Waals surface area contributed by atoms with Crippen LogP contribution in [0.15, 0.2) is 66.7 Å².